The van der Waals surface area contributed by atoms with Crippen LogP contribution in [0.15, 0.2) is 59.8 Å². The molecule has 4 heteroatoms. The summed E-state index contributed by atoms with van der Waals surface area (Å²) in [6, 6.07) is 16.5. The fraction of sp³-hybridized carbons (Fsp3) is 0.448. The minimum absolute atomic E-state index is 0.0183. The van der Waals surface area contributed by atoms with Crippen molar-refractivity contribution in [3.63, 3.8) is 0 Å². The third-order valence-electron chi connectivity index (χ3n) is 6.98. The highest BCUT2D eigenvalue weighted by atomic mass is 16.5. The van der Waals surface area contributed by atoms with Crippen molar-refractivity contribution in [2.45, 2.75) is 83.7 Å². The number of allylic oxidation sites excluding steroid dienone is 2. The lowest BCUT2D eigenvalue weighted by atomic mass is 9.73. The number of amides is 1. The highest BCUT2D eigenvalue weighted by molar-refractivity contribution is 6.02. The molecule has 3 unspecified atom stereocenters. The molecule has 1 N–H and O–H groups in total. The summed E-state index contributed by atoms with van der Waals surface area (Å²) in [7, 11) is 0. The van der Waals surface area contributed by atoms with Crippen LogP contribution >= 0.6 is 0 Å². The second-order valence-corrected chi connectivity index (χ2v) is 10.5. The molecule has 2 aromatic carbocycles. The van der Waals surface area contributed by atoms with Crippen molar-refractivity contribution in [1.82, 2.24) is 5.32 Å². The highest BCUT2D eigenvalue weighted by Gasteiger charge is 2.38. The molecule has 2 aliphatic rings. The van der Waals surface area contributed by atoms with E-state index < -0.39 is 0 Å². The predicted molar refractivity (Wildman–Crippen MR) is 131 cm³/mol. The van der Waals surface area contributed by atoms with Gasteiger partial charge in [0, 0.05) is 30.0 Å². The van der Waals surface area contributed by atoms with E-state index in [1.807, 2.05) is 31.2 Å². The van der Waals surface area contributed by atoms with E-state index in [-0.39, 0.29) is 35.0 Å². The van der Waals surface area contributed by atoms with E-state index >= 15 is 0 Å². The second-order valence-electron chi connectivity index (χ2n) is 10.5. The molecule has 0 saturated heterocycles. The standard InChI is InChI=1S/C29H35NO3/c1-6-18(2)33-23-13-9-20(10-14-23)24-17-27(32)30-25-15-21(16-26(31)28(24)25)19-7-11-22(12-8-19)29(3,4)5/h7-14,18,21,24H,6,15-17H2,1-5H3,(H,30,32). The number of Topliss-reactive ketones (excluding diaryl/α,β-unsaturated/α-hetero) is 1. The molecule has 0 saturated carbocycles. The summed E-state index contributed by atoms with van der Waals surface area (Å²) in [4.78, 5) is 25.9. The fourth-order valence-corrected chi connectivity index (χ4v) is 4.83. The van der Waals surface area contributed by atoms with Gasteiger partial charge in [-0.1, -0.05) is 64.1 Å². The molecule has 1 amide bonds. The van der Waals surface area contributed by atoms with Crippen molar-refractivity contribution >= 4 is 11.7 Å². The Hall–Kier alpha value is -2.88. The van der Waals surface area contributed by atoms with E-state index in [0.29, 0.717) is 19.3 Å². The number of carbonyl (C=O) groups is 2. The number of ketones is 1. The lowest BCUT2D eigenvalue weighted by Gasteiger charge is -2.34. The van der Waals surface area contributed by atoms with Crippen LogP contribution in [0, 0.1) is 0 Å². The molecule has 4 rings (SSSR count). The summed E-state index contributed by atoms with van der Waals surface area (Å²) in [5, 5.41) is 3.02. The molecule has 0 aromatic heterocycles. The van der Waals surface area contributed by atoms with Gasteiger partial charge in [-0.15, -0.1) is 0 Å². The molecule has 0 fully saturated rings. The number of rotatable bonds is 5. The van der Waals surface area contributed by atoms with Crippen LogP contribution in [0.5, 0.6) is 5.75 Å². The molecule has 3 atom stereocenters. The van der Waals surface area contributed by atoms with Crippen molar-refractivity contribution in [3.8, 4) is 5.75 Å². The maximum Gasteiger partial charge on any atom is 0.225 e. The summed E-state index contributed by atoms with van der Waals surface area (Å²) in [5.41, 5.74) is 5.11. The van der Waals surface area contributed by atoms with Crippen molar-refractivity contribution in [2.75, 3.05) is 0 Å². The summed E-state index contributed by atoms with van der Waals surface area (Å²) in [6.45, 7) is 10.7. The number of ether oxygens (including phenoxy) is 1. The molecule has 0 spiro atoms. The quantitative estimate of drug-likeness (QED) is 0.599. The Morgan fingerprint density at radius 2 is 1.58 bits per heavy atom. The van der Waals surface area contributed by atoms with Crippen molar-refractivity contribution in [3.05, 3.63) is 76.5 Å². The fourth-order valence-electron chi connectivity index (χ4n) is 4.83. The Labute approximate surface area is 197 Å². The van der Waals surface area contributed by atoms with Gasteiger partial charge < -0.3 is 10.1 Å². The monoisotopic (exact) mass is 445 g/mol. The van der Waals surface area contributed by atoms with Gasteiger partial charge in [-0.3, -0.25) is 9.59 Å². The van der Waals surface area contributed by atoms with Crippen LogP contribution in [0.4, 0.5) is 0 Å². The van der Waals surface area contributed by atoms with Gasteiger partial charge in [0.1, 0.15) is 5.75 Å². The Bertz CT molecular complexity index is 1060. The summed E-state index contributed by atoms with van der Waals surface area (Å²) in [6.07, 6.45) is 2.57. The number of hydrogen-bond acceptors (Lipinski definition) is 3. The number of nitrogens with one attached hydrogen (secondary N) is 1. The average molecular weight is 446 g/mol. The molecule has 4 nitrogen and oxygen atoms in total. The van der Waals surface area contributed by atoms with E-state index in [0.717, 1.165) is 34.6 Å². The first-order valence-electron chi connectivity index (χ1n) is 12.1. The van der Waals surface area contributed by atoms with Crippen LogP contribution in [0.3, 0.4) is 0 Å². The Morgan fingerprint density at radius 3 is 2.18 bits per heavy atom. The number of benzene rings is 2. The van der Waals surface area contributed by atoms with E-state index in [1.165, 1.54) is 5.56 Å². The Balaban J connectivity index is 1.58. The first kappa shape index (κ1) is 23.3. The lowest BCUT2D eigenvalue weighted by molar-refractivity contribution is -0.122. The van der Waals surface area contributed by atoms with Crippen molar-refractivity contribution in [1.29, 1.82) is 0 Å². The van der Waals surface area contributed by atoms with Gasteiger partial charge in [0.05, 0.1) is 6.10 Å². The molecule has 1 heterocycles. The van der Waals surface area contributed by atoms with Crippen LogP contribution in [0.1, 0.15) is 88.8 Å². The minimum atomic E-state index is -0.192. The topological polar surface area (TPSA) is 55.4 Å². The van der Waals surface area contributed by atoms with Gasteiger partial charge in [0.25, 0.3) is 0 Å². The largest absolute Gasteiger partial charge is 0.491 e. The normalized spacial score (nSPS) is 22.0. The number of hydrogen-bond donors (Lipinski definition) is 1. The molecule has 0 bridgehead atoms. The highest BCUT2D eigenvalue weighted by Crippen LogP contribution is 2.43. The molecule has 1 aliphatic heterocycles. The van der Waals surface area contributed by atoms with Gasteiger partial charge in [-0.05, 0) is 59.9 Å². The first-order valence-corrected chi connectivity index (χ1v) is 12.1. The smallest absolute Gasteiger partial charge is 0.225 e. The second kappa shape index (κ2) is 9.17. The molecule has 2 aromatic rings. The average Bonchev–Trinajstić information content (AvgIpc) is 2.78. The van der Waals surface area contributed by atoms with Crippen molar-refractivity contribution in [2.24, 2.45) is 0 Å². The van der Waals surface area contributed by atoms with E-state index in [9.17, 15) is 9.59 Å². The van der Waals surface area contributed by atoms with Crippen LogP contribution < -0.4 is 10.1 Å². The SMILES string of the molecule is CCC(C)Oc1ccc(C2CC(=O)NC3=C2C(=O)CC(c2ccc(C(C)(C)C)cc2)C3)cc1. The summed E-state index contributed by atoms with van der Waals surface area (Å²) < 4.78 is 5.89. The van der Waals surface area contributed by atoms with E-state index in [4.69, 9.17) is 4.74 Å². The summed E-state index contributed by atoms with van der Waals surface area (Å²) in [5.74, 6) is 0.844. The van der Waals surface area contributed by atoms with Crippen LogP contribution in [0.2, 0.25) is 0 Å². The van der Waals surface area contributed by atoms with Crippen LogP contribution in [-0.4, -0.2) is 17.8 Å². The molecule has 33 heavy (non-hydrogen) atoms. The van der Waals surface area contributed by atoms with E-state index in [2.05, 4.69) is 57.3 Å². The third-order valence-corrected chi connectivity index (χ3v) is 6.98. The molecular weight excluding hydrogens is 410 g/mol. The first-order chi connectivity index (χ1) is 15.7. The third kappa shape index (κ3) is 5.05. The van der Waals surface area contributed by atoms with Crippen LogP contribution in [-0.2, 0) is 15.0 Å². The van der Waals surface area contributed by atoms with Crippen molar-refractivity contribution < 1.29 is 14.3 Å². The zero-order valence-corrected chi connectivity index (χ0v) is 20.4. The van der Waals surface area contributed by atoms with Gasteiger partial charge in [-0.25, -0.2) is 0 Å². The van der Waals surface area contributed by atoms with E-state index in [1.54, 1.807) is 0 Å². The molecular formula is C29H35NO3. The van der Waals surface area contributed by atoms with Gasteiger partial charge in [0.2, 0.25) is 5.91 Å². The minimum Gasteiger partial charge on any atom is -0.491 e. The number of carbonyl (C=O) groups excluding carboxylic acids is 2. The molecule has 0 radical (unpaired) electrons. The Kier molecular flexibility index (Phi) is 6.47. The molecule has 174 valence electrons. The zero-order valence-electron chi connectivity index (χ0n) is 20.4. The maximum absolute atomic E-state index is 13.3. The molecule has 1 aliphatic carbocycles. The maximum atomic E-state index is 13.3. The Morgan fingerprint density at radius 1 is 0.939 bits per heavy atom. The van der Waals surface area contributed by atoms with Crippen LogP contribution in [0.25, 0.3) is 0 Å². The zero-order chi connectivity index (χ0) is 23.8. The van der Waals surface area contributed by atoms with Gasteiger partial charge >= 0.3 is 0 Å². The predicted octanol–water partition coefficient (Wildman–Crippen LogP) is 6.17. The van der Waals surface area contributed by atoms with Gasteiger partial charge in [0.15, 0.2) is 5.78 Å². The van der Waals surface area contributed by atoms with Gasteiger partial charge in [-0.2, -0.15) is 0 Å². The summed E-state index contributed by atoms with van der Waals surface area (Å²) >= 11 is 0. The lowest BCUT2D eigenvalue weighted by Crippen LogP contribution is -2.38.